The van der Waals surface area contributed by atoms with Crippen LogP contribution in [0.1, 0.15) is 0 Å². The summed E-state index contributed by atoms with van der Waals surface area (Å²) in [6.45, 7) is 0. The molecule has 0 atom stereocenters. The summed E-state index contributed by atoms with van der Waals surface area (Å²) >= 11 is 9.06. The summed E-state index contributed by atoms with van der Waals surface area (Å²) in [7, 11) is 0. The summed E-state index contributed by atoms with van der Waals surface area (Å²) in [6.07, 6.45) is 3.60. The molecule has 0 amide bonds. The maximum Gasteiger partial charge on any atom is 0.0964 e. The first kappa shape index (κ1) is 35.7. The molecule has 0 aliphatic rings. The highest BCUT2D eigenvalue weighted by Gasteiger charge is 2.11. The summed E-state index contributed by atoms with van der Waals surface area (Å²) in [5, 5.41) is 2.28. The van der Waals surface area contributed by atoms with E-state index in [0.717, 1.165) is 53.5 Å². The number of nitrogen functional groups attached to an aromatic ring is 1. The second kappa shape index (κ2) is 18.8. The minimum absolute atomic E-state index is 0.799. The SMILES string of the molecule is Brc1ccc(N(c2ccccc2)c2ccccc2)cc1.Ic1ccccc1.Nc1ccc(Br)cc1.c1cnc2c(c1)ccc1cccnc12. The Kier molecular flexibility index (Phi) is 13.7. The van der Waals surface area contributed by atoms with Gasteiger partial charge in [-0.1, -0.05) is 111 Å². The van der Waals surface area contributed by atoms with Gasteiger partial charge < -0.3 is 10.6 Å². The summed E-state index contributed by atoms with van der Waals surface area (Å²) in [5.41, 5.74) is 11.6. The van der Waals surface area contributed by atoms with Gasteiger partial charge in [0.15, 0.2) is 0 Å². The summed E-state index contributed by atoms with van der Waals surface area (Å²) in [5.74, 6) is 0. The van der Waals surface area contributed by atoms with Gasteiger partial charge in [-0.3, -0.25) is 9.97 Å². The van der Waals surface area contributed by atoms with E-state index < -0.39 is 0 Å². The predicted molar refractivity (Wildman–Crippen MR) is 224 cm³/mol. The molecule has 0 bridgehead atoms. The number of hydrogen-bond acceptors (Lipinski definition) is 4. The van der Waals surface area contributed by atoms with E-state index in [1.165, 1.54) is 3.57 Å². The average molecular weight is 880 g/mol. The number of benzene rings is 6. The Hall–Kier alpha value is -4.57. The second-order valence-electron chi connectivity index (χ2n) is 10.5. The van der Waals surface area contributed by atoms with E-state index in [2.05, 4.69) is 179 Å². The molecule has 0 aliphatic carbocycles. The first-order valence-corrected chi connectivity index (χ1v) is 18.1. The van der Waals surface area contributed by atoms with Crippen LogP contribution in [0, 0.1) is 3.57 Å². The number of fused-ring (bicyclic) bond motifs is 3. The molecule has 0 aliphatic heterocycles. The lowest BCUT2D eigenvalue weighted by Crippen LogP contribution is -2.09. The summed E-state index contributed by atoms with van der Waals surface area (Å²) in [6, 6.07) is 59.0. The Morgan fingerprint density at radius 1 is 0.429 bits per heavy atom. The van der Waals surface area contributed by atoms with Crippen molar-refractivity contribution in [2.24, 2.45) is 0 Å². The molecule has 0 unspecified atom stereocenters. The van der Waals surface area contributed by atoms with Gasteiger partial charge in [-0.25, -0.2) is 0 Å². The highest BCUT2D eigenvalue weighted by atomic mass is 127. The second-order valence-corrected chi connectivity index (χ2v) is 13.6. The van der Waals surface area contributed by atoms with Gasteiger partial charge in [-0.2, -0.15) is 0 Å². The van der Waals surface area contributed by atoms with E-state index in [0.29, 0.717) is 0 Å². The first-order valence-electron chi connectivity index (χ1n) is 15.4. The van der Waals surface area contributed by atoms with E-state index in [4.69, 9.17) is 5.73 Å². The van der Waals surface area contributed by atoms with Crippen LogP contribution in [0.25, 0.3) is 21.8 Å². The van der Waals surface area contributed by atoms with Crippen molar-refractivity contribution in [3.05, 3.63) is 201 Å². The number of para-hydroxylation sites is 2. The van der Waals surface area contributed by atoms with Crippen molar-refractivity contribution < 1.29 is 0 Å². The average Bonchev–Trinajstić information content (AvgIpc) is 3.16. The quantitative estimate of drug-likeness (QED) is 0.109. The molecule has 0 saturated carbocycles. The molecule has 0 saturated heterocycles. The van der Waals surface area contributed by atoms with Crippen molar-refractivity contribution >= 4 is 99.0 Å². The zero-order chi connectivity index (χ0) is 34.3. The normalized spacial score (nSPS) is 10.0. The van der Waals surface area contributed by atoms with Crippen LogP contribution in [-0.2, 0) is 0 Å². The fourth-order valence-electron chi connectivity index (χ4n) is 4.75. The number of nitrogens with two attached hydrogens (primary N) is 1. The monoisotopic (exact) mass is 878 g/mol. The van der Waals surface area contributed by atoms with E-state index in [1.54, 1.807) is 12.4 Å². The molecule has 0 fully saturated rings. The van der Waals surface area contributed by atoms with Crippen molar-refractivity contribution in [1.29, 1.82) is 0 Å². The van der Waals surface area contributed by atoms with Crippen LogP contribution >= 0.6 is 54.5 Å². The lowest BCUT2D eigenvalue weighted by molar-refractivity contribution is 1.28. The highest BCUT2D eigenvalue weighted by Crippen LogP contribution is 2.34. The maximum absolute atomic E-state index is 5.41. The number of anilines is 4. The minimum Gasteiger partial charge on any atom is -0.399 e. The molecule has 2 heterocycles. The van der Waals surface area contributed by atoms with E-state index in [1.807, 2.05) is 66.7 Å². The topological polar surface area (TPSA) is 55.0 Å². The Bertz CT molecular complexity index is 2030. The zero-order valence-electron chi connectivity index (χ0n) is 26.5. The standard InChI is InChI=1S/C18H14BrN.C12H8N2.C6H6BrN.C6H5I/c19-15-11-13-18(14-12-15)20(16-7-3-1-4-8-16)17-9-5-2-6-10-17;1-3-9-5-6-10-4-2-8-14-12(10)11(9)13-7-1;7-5-1-3-6(8)4-2-5;7-6-4-2-1-3-5-6/h1-14H;1-8H;1-4H,8H2;1-5H. The molecule has 2 aromatic heterocycles. The van der Waals surface area contributed by atoms with Crippen LogP contribution in [0.3, 0.4) is 0 Å². The van der Waals surface area contributed by atoms with Gasteiger partial charge in [0.1, 0.15) is 0 Å². The van der Waals surface area contributed by atoms with Crippen molar-refractivity contribution in [2.75, 3.05) is 10.6 Å². The molecule has 8 rings (SSSR count). The van der Waals surface area contributed by atoms with Crippen LogP contribution in [0.4, 0.5) is 22.7 Å². The molecule has 0 radical (unpaired) electrons. The van der Waals surface area contributed by atoms with Crippen LogP contribution in [0.5, 0.6) is 0 Å². The van der Waals surface area contributed by atoms with Crippen LogP contribution in [0.15, 0.2) is 197 Å². The Labute approximate surface area is 318 Å². The van der Waals surface area contributed by atoms with Gasteiger partial charge in [0, 0.05) is 58.4 Å². The minimum atomic E-state index is 0.799. The number of halogens is 3. The van der Waals surface area contributed by atoms with E-state index >= 15 is 0 Å². The Morgan fingerprint density at radius 3 is 1.20 bits per heavy atom. The van der Waals surface area contributed by atoms with Gasteiger partial charge in [0.2, 0.25) is 0 Å². The molecule has 4 nitrogen and oxygen atoms in total. The van der Waals surface area contributed by atoms with E-state index in [-0.39, 0.29) is 0 Å². The lowest BCUT2D eigenvalue weighted by Gasteiger charge is -2.25. The van der Waals surface area contributed by atoms with Crippen LogP contribution < -0.4 is 10.6 Å². The van der Waals surface area contributed by atoms with Gasteiger partial charge in [0.25, 0.3) is 0 Å². The lowest BCUT2D eigenvalue weighted by atomic mass is 10.1. The van der Waals surface area contributed by atoms with E-state index in [9.17, 15) is 0 Å². The number of nitrogens with zero attached hydrogens (tertiary/aromatic N) is 3. The highest BCUT2D eigenvalue weighted by molar-refractivity contribution is 14.1. The molecule has 2 N–H and O–H groups in total. The third-order valence-electron chi connectivity index (χ3n) is 7.06. The maximum atomic E-state index is 5.41. The zero-order valence-corrected chi connectivity index (χ0v) is 31.8. The number of pyridine rings is 2. The number of rotatable bonds is 3. The molecule has 8 aromatic rings. The van der Waals surface area contributed by atoms with Crippen molar-refractivity contribution in [1.82, 2.24) is 9.97 Å². The molecular formula is C42H33Br2IN4. The van der Waals surface area contributed by atoms with Crippen molar-refractivity contribution in [2.45, 2.75) is 0 Å². The Morgan fingerprint density at radius 2 is 0.816 bits per heavy atom. The molecule has 242 valence electrons. The number of hydrogen-bond donors (Lipinski definition) is 1. The third-order valence-corrected chi connectivity index (χ3v) is 8.84. The summed E-state index contributed by atoms with van der Waals surface area (Å²) in [4.78, 5) is 10.9. The molecular weight excluding hydrogens is 847 g/mol. The smallest absolute Gasteiger partial charge is 0.0964 e. The third kappa shape index (κ3) is 11.0. The molecule has 7 heteroatoms. The van der Waals surface area contributed by atoms with Crippen LogP contribution in [-0.4, -0.2) is 9.97 Å². The fourth-order valence-corrected chi connectivity index (χ4v) is 5.69. The summed E-state index contributed by atoms with van der Waals surface area (Å²) < 4.78 is 3.44. The first-order chi connectivity index (χ1) is 24.0. The Balaban J connectivity index is 0.000000139. The number of aromatic nitrogens is 2. The molecule has 0 spiro atoms. The van der Waals surface area contributed by atoms with Gasteiger partial charge >= 0.3 is 0 Å². The fraction of sp³-hybridized carbons (Fsp3) is 0. The molecule has 49 heavy (non-hydrogen) atoms. The van der Waals surface area contributed by atoms with Gasteiger partial charge in [0.05, 0.1) is 11.0 Å². The van der Waals surface area contributed by atoms with Gasteiger partial charge in [-0.15, -0.1) is 0 Å². The molecule has 6 aromatic carbocycles. The largest absolute Gasteiger partial charge is 0.399 e. The predicted octanol–water partition coefficient (Wildman–Crippen LogP) is 13.0. The van der Waals surface area contributed by atoms with Crippen molar-refractivity contribution in [3.63, 3.8) is 0 Å². The van der Waals surface area contributed by atoms with Crippen molar-refractivity contribution in [3.8, 4) is 0 Å². The van der Waals surface area contributed by atoms with Gasteiger partial charge in [-0.05, 0) is 120 Å². The van der Waals surface area contributed by atoms with Crippen LogP contribution in [0.2, 0.25) is 0 Å².